The van der Waals surface area contributed by atoms with Crippen molar-refractivity contribution in [1.82, 2.24) is 33.6 Å². The van der Waals surface area contributed by atoms with E-state index in [0.29, 0.717) is 63.7 Å². The van der Waals surface area contributed by atoms with Gasteiger partial charge in [0.15, 0.2) is 5.82 Å². The first-order valence-electron chi connectivity index (χ1n) is 15.7. The molecule has 5 aromatic rings. The van der Waals surface area contributed by atoms with Gasteiger partial charge in [0.1, 0.15) is 17.2 Å². The first-order valence-corrected chi connectivity index (χ1v) is 15.7. The molecule has 1 fully saturated rings. The number of carbonyl (C=O) groups is 1. The molecular weight excluding hydrogens is 592 g/mol. The van der Waals surface area contributed by atoms with E-state index in [4.69, 9.17) is 9.84 Å². The van der Waals surface area contributed by atoms with E-state index in [2.05, 4.69) is 5.10 Å². The van der Waals surface area contributed by atoms with Gasteiger partial charge in [0, 0.05) is 43.7 Å². The van der Waals surface area contributed by atoms with Crippen LogP contribution in [0, 0.1) is 31.4 Å². The zero-order valence-corrected chi connectivity index (χ0v) is 26.8. The van der Waals surface area contributed by atoms with Gasteiger partial charge in [-0.15, -0.1) is 0 Å². The number of imidazole rings is 1. The topological polar surface area (TPSA) is 92.1 Å². The fraction of sp³-hybridized carbons (Fsp3) is 0.412. The predicted octanol–water partition coefficient (Wildman–Crippen LogP) is 6.32. The standard InChI is InChI=1S/C34H37F2N7O3/c1-19-15-23(16-20(2)29(19)35)43-31(28-21(3)40(12-11-26(28)38-43)33(45)46-34(4,5)6)42-14-13-41(32(42)44)27-10-9-25-24(30(27)36)18-39(37-25)17-22-7-8-22/h9-10,13-16,18,21-22H,7-8,11-12,17H2,1-6H3/t21-/m0/s1. The maximum Gasteiger partial charge on any atom is 0.410 e. The second-order valence-electron chi connectivity index (χ2n) is 13.5. The van der Waals surface area contributed by atoms with Crippen LogP contribution in [0.1, 0.15) is 69.0 Å². The number of hydrogen-bond acceptors (Lipinski definition) is 5. The third kappa shape index (κ3) is 5.09. The smallest absolute Gasteiger partial charge is 0.410 e. The number of rotatable bonds is 5. The average molecular weight is 630 g/mol. The Kier molecular flexibility index (Phi) is 6.95. The van der Waals surface area contributed by atoms with Crippen LogP contribution in [0.2, 0.25) is 0 Å². The Balaban J connectivity index is 1.37. The Labute approximate surface area is 264 Å². The van der Waals surface area contributed by atoms with Crippen molar-refractivity contribution < 1.29 is 18.3 Å². The van der Waals surface area contributed by atoms with Crippen LogP contribution in [0.4, 0.5) is 13.6 Å². The van der Waals surface area contributed by atoms with Crippen molar-refractivity contribution in [2.45, 2.75) is 79.0 Å². The number of aromatic nitrogens is 6. The highest BCUT2D eigenvalue weighted by Crippen LogP contribution is 2.37. The molecule has 46 heavy (non-hydrogen) atoms. The highest BCUT2D eigenvalue weighted by atomic mass is 19.1. The van der Waals surface area contributed by atoms with Gasteiger partial charge in [0.25, 0.3) is 0 Å². The van der Waals surface area contributed by atoms with Gasteiger partial charge in [0.2, 0.25) is 0 Å². The van der Waals surface area contributed by atoms with Crippen LogP contribution in [-0.2, 0) is 17.7 Å². The molecule has 2 aliphatic rings. The molecule has 240 valence electrons. The van der Waals surface area contributed by atoms with Gasteiger partial charge in [-0.3, -0.25) is 13.8 Å². The number of fused-ring (bicyclic) bond motifs is 2. The van der Waals surface area contributed by atoms with Crippen molar-refractivity contribution in [1.29, 1.82) is 0 Å². The Morgan fingerprint density at radius 1 is 1.02 bits per heavy atom. The molecule has 10 nitrogen and oxygen atoms in total. The van der Waals surface area contributed by atoms with Crippen LogP contribution in [0.5, 0.6) is 0 Å². The Morgan fingerprint density at radius 3 is 2.39 bits per heavy atom. The van der Waals surface area contributed by atoms with Crippen LogP contribution in [0.3, 0.4) is 0 Å². The van der Waals surface area contributed by atoms with E-state index in [-0.39, 0.29) is 11.5 Å². The predicted molar refractivity (Wildman–Crippen MR) is 169 cm³/mol. The first-order chi connectivity index (χ1) is 21.8. The fourth-order valence-corrected chi connectivity index (χ4v) is 6.34. The number of aryl methyl sites for hydroxylation is 2. The summed E-state index contributed by atoms with van der Waals surface area (Å²) in [4.78, 5) is 29.1. The summed E-state index contributed by atoms with van der Waals surface area (Å²) in [6, 6.07) is 6.12. The molecule has 1 amide bonds. The summed E-state index contributed by atoms with van der Waals surface area (Å²) >= 11 is 0. The van der Waals surface area contributed by atoms with Crippen molar-refractivity contribution in [2.24, 2.45) is 5.92 Å². The van der Waals surface area contributed by atoms with E-state index >= 15 is 4.39 Å². The lowest BCUT2D eigenvalue weighted by molar-refractivity contribution is 0.0159. The molecule has 1 aliphatic heterocycles. The quantitative estimate of drug-likeness (QED) is 0.227. The Hall–Kier alpha value is -4.74. The molecule has 2 aromatic carbocycles. The van der Waals surface area contributed by atoms with Gasteiger partial charge in [-0.05, 0) is 95.7 Å². The summed E-state index contributed by atoms with van der Waals surface area (Å²) in [7, 11) is 0. The molecule has 1 saturated carbocycles. The lowest BCUT2D eigenvalue weighted by Crippen LogP contribution is -2.42. The molecule has 1 atom stereocenters. The lowest BCUT2D eigenvalue weighted by Gasteiger charge is -2.34. The monoisotopic (exact) mass is 629 g/mol. The van der Waals surface area contributed by atoms with Crippen molar-refractivity contribution in [2.75, 3.05) is 6.54 Å². The molecule has 0 N–H and O–H groups in total. The van der Waals surface area contributed by atoms with Gasteiger partial charge in [-0.2, -0.15) is 10.2 Å². The van der Waals surface area contributed by atoms with Crippen LogP contribution < -0.4 is 5.69 Å². The average Bonchev–Trinajstić information content (AvgIpc) is 3.38. The van der Waals surface area contributed by atoms with E-state index in [0.717, 1.165) is 19.4 Å². The Bertz CT molecular complexity index is 2050. The van der Waals surface area contributed by atoms with Crippen LogP contribution in [0.25, 0.3) is 28.1 Å². The molecule has 0 radical (unpaired) electrons. The van der Waals surface area contributed by atoms with Gasteiger partial charge >= 0.3 is 11.8 Å². The van der Waals surface area contributed by atoms with Crippen LogP contribution >= 0.6 is 0 Å². The summed E-state index contributed by atoms with van der Waals surface area (Å²) in [6.07, 6.45) is 7.04. The first kappa shape index (κ1) is 29.9. The summed E-state index contributed by atoms with van der Waals surface area (Å²) < 4.78 is 42.5. The second kappa shape index (κ2) is 10.7. The van der Waals surface area contributed by atoms with Crippen molar-refractivity contribution >= 4 is 17.0 Å². The van der Waals surface area contributed by atoms with Crippen LogP contribution in [-0.4, -0.2) is 51.8 Å². The number of amides is 1. The molecule has 0 bridgehead atoms. The normalized spacial score (nSPS) is 16.7. The third-order valence-corrected chi connectivity index (χ3v) is 8.80. The van der Waals surface area contributed by atoms with Gasteiger partial charge < -0.3 is 9.64 Å². The summed E-state index contributed by atoms with van der Waals surface area (Å²) in [5.74, 6) is 0.112. The number of ether oxygens (including phenoxy) is 1. The molecular formula is C34H37F2N7O3. The highest BCUT2D eigenvalue weighted by molar-refractivity contribution is 5.81. The van der Waals surface area contributed by atoms with Crippen LogP contribution in [0.15, 0.2) is 47.7 Å². The number of halogens is 2. The minimum absolute atomic E-state index is 0.0963. The molecule has 0 saturated heterocycles. The summed E-state index contributed by atoms with van der Waals surface area (Å²) in [5.41, 5.74) is 2.20. The van der Waals surface area contributed by atoms with Crippen molar-refractivity contribution in [3.05, 3.63) is 87.4 Å². The summed E-state index contributed by atoms with van der Waals surface area (Å²) in [5, 5.41) is 9.77. The minimum atomic E-state index is -0.693. The molecule has 7 rings (SSSR count). The van der Waals surface area contributed by atoms with E-state index in [1.807, 2.05) is 27.7 Å². The van der Waals surface area contributed by atoms with Crippen molar-refractivity contribution in [3.8, 4) is 17.2 Å². The Morgan fingerprint density at radius 2 is 1.72 bits per heavy atom. The van der Waals surface area contributed by atoms with E-state index in [1.165, 1.54) is 15.3 Å². The lowest BCUT2D eigenvalue weighted by atomic mass is 10.00. The SMILES string of the molecule is Cc1cc(-n2nc3c(c2-n2ccn(-c4ccc5nn(CC6CC6)cc5c4F)c2=O)[C@H](C)N(C(=O)OC(C)(C)C)CC3)cc(C)c1F. The molecule has 0 spiro atoms. The molecule has 1 aliphatic carbocycles. The van der Waals surface area contributed by atoms with Gasteiger partial charge in [0.05, 0.1) is 34.0 Å². The van der Waals surface area contributed by atoms with Gasteiger partial charge in [-0.25, -0.2) is 23.1 Å². The number of hydrogen-bond donors (Lipinski definition) is 0. The third-order valence-electron chi connectivity index (χ3n) is 8.80. The zero-order valence-electron chi connectivity index (χ0n) is 26.8. The summed E-state index contributed by atoms with van der Waals surface area (Å²) in [6.45, 7) is 11.8. The van der Waals surface area contributed by atoms with E-state index < -0.39 is 29.2 Å². The maximum atomic E-state index is 16.0. The fourth-order valence-electron chi connectivity index (χ4n) is 6.34. The second-order valence-corrected chi connectivity index (χ2v) is 13.5. The number of nitrogens with zero attached hydrogens (tertiary/aromatic N) is 7. The number of benzene rings is 2. The molecule has 3 aromatic heterocycles. The largest absolute Gasteiger partial charge is 0.444 e. The van der Waals surface area contributed by atoms with Crippen molar-refractivity contribution in [3.63, 3.8) is 0 Å². The number of carbonyl (C=O) groups excluding carboxylic acids is 1. The molecule has 12 heteroatoms. The zero-order chi connectivity index (χ0) is 32.7. The highest BCUT2D eigenvalue weighted by Gasteiger charge is 2.37. The molecule has 4 heterocycles. The molecule has 0 unspecified atom stereocenters. The van der Waals surface area contributed by atoms with Gasteiger partial charge in [-0.1, -0.05) is 0 Å². The van der Waals surface area contributed by atoms with E-state index in [1.54, 1.807) is 64.8 Å². The van der Waals surface area contributed by atoms with E-state index in [9.17, 15) is 14.0 Å². The minimum Gasteiger partial charge on any atom is -0.444 e. The maximum absolute atomic E-state index is 16.0.